The minimum Gasteiger partial charge on any atom is -0.367 e. The van der Waals surface area contributed by atoms with E-state index >= 15 is 0 Å². The molecule has 1 amide bonds. The molecule has 1 aromatic carbocycles. The molecular formula is C14H15N5O3. The molecule has 22 heavy (non-hydrogen) atoms. The molecular weight excluding hydrogens is 286 g/mol. The lowest BCUT2D eigenvalue weighted by Gasteiger charge is -2.07. The second-order valence-electron chi connectivity index (χ2n) is 4.53. The molecule has 0 bridgehead atoms. The summed E-state index contributed by atoms with van der Waals surface area (Å²) >= 11 is 0. The average Bonchev–Trinajstić information content (AvgIpc) is 2.52. The number of amides is 1. The van der Waals surface area contributed by atoms with E-state index in [1.54, 1.807) is 25.5 Å². The molecule has 8 heteroatoms. The van der Waals surface area contributed by atoms with E-state index in [1.807, 2.05) is 0 Å². The van der Waals surface area contributed by atoms with Gasteiger partial charge >= 0.3 is 0 Å². The third-order valence-electron chi connectivity index (χ3n) is 2.94. The van der Waals surface area contributed by atoms with Gasteiger partial charge in [-0.25, -0.2) is 4.98 Å². The molecule has 0 saturated carbocycles. The Balaban J connectivity index is 1.85. The SMILES string of the molecule is Cc1cc(C(=O)NCCNc2cnccn2)ccc1[N+](=O)[O-]. The van der Waals surface area contributed by atoms with Crippen LogP contribution in [0, 0.1) is 17.0 Å². The van der Waals surface area contributed by atoms with Crippen molar-refractivity contribution >= 4 is 17.4 Å². The standard InChI is InChI=1S/C14H15N5O3/c1-10-8-11(2-3-12(10)19(21)22)14(20)18-7-6-17-13-9-15-4-5-16-13/h2-5,8-9H,6-7H2,1H3,(H,16,17)(H,18,20). The first-order valence-electron chi connectivity index (χ1n) is 6.61. The fourth-order valence-electron chi connectivity index (χ4n) is 1.86. The van der Waals surface area contributed by atoms with E-state index in [0.29, 0.717) is 30.0 Å². The monoisotopic (exact) mass is 301 g/mol. The third kappa shape index (κ3) is 3.98. The van der Waals surface area contributed by atoms with E-state index in [4.69, 9.17) is 0 Å². The van der Waals surface area contributed by atoms with Crippen LogP contribution < -0.4 is 10.6 Å². The Morgan fingerprint density at radius 3 is 2.77 bits per heavy atom. The van der Waals surface area contributed by atoms with Gasteiger partial charge in [-0.3, -0.25) is 19.9 Å². The highest BCUT2D eigenvalue weighted by Gasteiger charge is 2.13. The second kappa shape index (κ2) is 7.11. The van der Waals surface area contributed by atoms with Crippen LogP contribution in [0.2, 0.25) is 0 Å². The number of nitrogens with zero attached hydrogens (tertiary/aromatic N) is 3. The topological polar surface area (TPSA) is 110 Å². The van der Waals surface area contributed by atoms with Gasteiger partial charge in [0.15, 0.2) is 0 Å². The maximum Gasteiger partial charge on any atom is 0.272 e. The van der Waals surface area contributed by atoms with E-state index in [0.717, 1.165) is 0 Å². The zero-order chi connectivity index (χ0) is 15.9. The van der Waals surface area contributed by atoms with Gasteiger partial charge in [0.25, 0.3) is 11.6 Å². The molecule has 114 valence electrons. The number of hydrogen-bond acceptors (Lipinski definition) is 6. The van der Waals surface area contributed by atoms with E-state index in [-0.39, 0.29) is 11.6 Å². The second-order valence-corrected chi connectivity index (χ2v) is 4.53. The van der Waals surface area contributed by atoms with Crippen molar-refractivity contribution in [3.05, 3.63) is 58.0 Å². The van der Waals surface area contributed by atoms with Crippen molar-refractivity contribution in [3.63, 3.8) is 0 Å². The number of carbonyl (C=O) groups is 1. The zero-order valence-corrected chi connectivity index (χ0v) is 11.9. The molecule has 0 unspecified atom stereocenters. The number of hydrogen-bond donors (Lipinski definition) is 2. The van der Waals surface area contributed by atoms with Gasteiger partial charge in [-0.1, -0.05) is 0 Å². The van der Waals surface area contributed by atoms with Crippen LogP contribution >= 0.6 is 0 Å². The number of nitro groups is 1. The van der Waals surface area contributed by atoms with Crippen LogP contribution in [0.15, 0.2) is 36.8 Å². The summed E-state index contributed by atoms with van der Waals surface area (Å²) in [5, 5.41) is 16.5. The third-order valence-corrected chi connectivity index (χ3v) is 2.94. The van der Waals surface area contributed by atoms with Gasteiger partial charge in [-0.15, -0.1) is 0 Å². The first-order valence-corrected chi connectivity index (χ1v) is 6.61. The Labute approximate surface area is 126 Å². The fourth-order valence-corrected chi connectivity index (χ4v) is 1.86. The van der Waals surface area contributed by atoms with Crippen LogP contribution in [-0.2, 0) is 0 Å². The number of nitrogens with one attached hydrogen (secondary N) is 2. The summed E-state index contributed by atoms with van der Waals surface area (Å²) in [5.41, 5.74) is 0.846. The van der Waals surface area contributed by atoms with Crippen molar-refractivity contribution < 1.29 is 9.72 Å². The number of aromatic nitrogens is 2. The van der Waals surface area contributed by atoms with Gasteiger partial charge in [0.1, 0.15) is 5.82 Å². The smallest absolute Gasteiger partial charge is 0.272 e. The minimum absolute atomic E-state index is 0.000804. The summed E-state index contributed by atoms with van der Waals surface area (Å²) in [4.78, 5) is 30.2. The molecule has 1 aromatic heterocycles. The van der Waals surface area contributed by atoms with Crippen molar-refractivity contribution in [1.29, 1.82) is 0 Å². The maximum atomic E-state index is 12.0. The summed E-state index contributed by atoms with van der Waals surface area (Å²) in [6.45, 7) is 2.49. The molecule has 2 N–H and O–H groups in total. The first kappa shape index (κ1) is 15.4. The Morgan fingerprint density at radius 1 is 1.32 bits per heavy atom. The molecule has 0 fully saturated rings. The Kier molecular flexibility index (Phi) is 4.97. The van der Waals surface area contributed by atoms with E-state index in [1.165, 1.54) is 18.2 Å². The fraction of sp³-hybridized carbons (Fsp3) is 0.214. The van der Waals surface area contributed by atoms with Gasteiger partial charge in [0.2, 0.25) is 0 Å². The molecule has 0 aliphatic carbocycles. The normalized spacial score (nSPS) is 10.0. The van der Waals surface area contributed by atoms with Crippen LogP contribution in [0.4, 0.5) is 11.5 Å². The predicted molar refractivity (Wildman–Crippen MR) is 80.7 cm³/mol. The van der Waals surface area contributed by atoms with Crippen LogP contribution in [0.1, 0.15) is 15.9 Å². The molecule has 0 aliphatic heterocycles. The summed E-state index contributed by atoms with van der Waals surface area (Å²) in [6, 6.07) is 4.28. The molecule has 2 aromatic rings. The lowest BCUT2D eigenvalue weighted by atomic mass is 10.1. The number of rotatable bonds is 6. The molecule has 1 heterocycles. The quantitative estimate of drug-likeness (QED) is 0.475. The van der Waals surface area contributed by atoms with E-state index in [2.05, 4.69) is 20.6 Å². The molecule has 0 saturated heterocycles. The summed E-state index contributed by atoms with van der Waals surface area (Å²) in [5.74, 6) is 0.349. The maximum absolute atomic E-state index is 12.0. The summed E-state index contributed by atoms with van der Waals surface area (Å²) in [7, 11) is 0. The van der Waals surface area contributed by atoms with Crippen LogP contribution in [-0.4, -0.2) is 33.9 Å². The minimum atomic E-state index is -0.470. The van der Waals surface area contributed by atoms with Crippen molar-refractivity contribution in [1.82, 2.24) is 15.3 Å². The van der Waals surface area contributed by atoms with Gasteiger partial charge < -0.3 is 10.6 Å². The molecule has 8 nitrogen and oxygen atoms in total. The highest BCUT2D eigenvalue weighted by Crippen LogP contribution is 2.18. The van der Waals surface area contributed by atoms with Gasteiger partial charge in [0.05, 0.1) is 11.1 Å². The summed E-state index contributed by atoms with van der Waals surface area (Å²) in [6.07, 6.45) is 4.73. The number of nitro benzene ring substituents is 1. The van der Waals surface area contributed by atoms with Crippen molar-refractivity contribution in [2.24, 2.45) is 0 Å². The molecule has 0 radical (unpaired) electrons. The Morgan fingerprint density at radius 2 is 2.14 bits per heavy atom. The van der Waals surface area contributed by atoms with Gasteiger partial charge in [-0.2, -0.15) is 0 Å². The average molecular weight is 301 g/mol. The lowest BCUT2D eigenvalue weighted by molar-refractivity contribution is -0.385. The highest BCUT2D eigenvalue weighted by molar-refractivity contribution is 5.94. The number of carbonyl (C=O) groups excluding carboxylic acids is 1. The number of aryl methyl sites for hydroxylation is 1. The van der Waals surface area contributed by atoms with Crippen molar-refractivity contribution in [2.45, 2.75) is 6.92 Å². The van der Waals surface area contributed by atoms with Crippen molar-refractivity contribution in [2.75, 3.05) is 18.4 Å². The molecule has 0 aliphatic rings. The lowest BCUT2D eigenvalue weighted by Crippen LogP contribution is -2.29. The Hall–Kier alpha value is -3.03. The van der Waals surface area contributed by atoms with Crippen LogP contribution in [0.3, 0.4) is 0 Å². The van der Waals surface area contributed by atoms with Crippen molar-refractivity contribution in [3.8, 4) is 0 Å². The number of anilines is 1. The Bertz CT molecular complexity index is 675. The van der Waals surface area contributed by atoms with Crippen LogP contribution in [0.25, 0.3) is 0 Å². The van der Waals surface area contributed by atoms with Gasteiger partial charge in [-0.05, 0) is 19.1 Å². The summed E-state index contributed by atoms with van der Waals surface area (Å²) < 4.78 is 0. The first-order chi connectivity index (χ1) is 10.6. The molecule has 2 rings (SSSR count). The largest absolute Gasteiger partial charge is 0.367 e. The van der Waals surface area contributed by atoms with E-state index < -0.39 is 4.92 Å². The van der Waals surface area contributed by atoms with E-state index in [9.17, 15) is 14.9 Å². The zero-order valence-electron chi connectivity index (χ0n) is 11.9. The predicted octanol–water partition coefficient (Wildman–Crippen LogP) is 1.54. The molecule has 0 spiro atoms. The van der Waals surface area contributed by atoms with Gasteiger partial charge in [0, 0.05) is 42.7 Å². The van der Waals surface area contributed by atoms with Crippen LogP contribution in [0.5, 0.6) is 0 Å². The molecule has 0 atom stereocenters. The highest BCUT2D eigenvalue weighted by atomic mass is 16.6. The number of benzene rings is 1.